The molecular formula is C13H16N2O6. The summed E-state index contributed by atoms with van der Waals surface area (Å²) >= 11 is 0. The molecule has 0 spiro atoms. The average molecular weight is 296 g/mol. The van der Waals surface area contributed by atoms with Crippen molar-refractivity contribution in [1.29, 1.82) is 0 Å². The lowest BCUT2D eigenvalue weighted by atomic mass is 9.97. The monoisotopic (exact) mass is 296 g/mol. The lowest BCUT2D eigenvalue weighted by Gasteiger charge is -2.23. The van der Waals surface area contributed by atoms with Gasteiger partial charge in [-0.15, -0.1) is 6.42 Å². The summed E-state index contributed by atoms with van der Waals surface area (Å²) in [4.78, 5) is 25.5. The second-order valence-electron chi connectivity index (χ2n) is 4.81. The van der Waals surface area contributed by atoms with E-state index < -0.39 is 41.9 Å². The minimum Gasteiger partial charge on any atom is -0.392 e. The number of aliphatic hydroxyl groups is 3. The third-order valence-corrected chi connectivity index (χ3v) is 3.60. The predicted molar refractivity (Wildman–Crippen MR) is 71.5 cm³/mol. The number of hydrogen-bond acceptors (Lipinski definition) is 6. The molecule has 4 atom stereocenters. The molecule has 4 N–H and O–H groups in total. The number of ether oxygens (including phenoxy) is 1. The smallest absolute Gasteiger partial charge is 0.330 e. The molecule has 2 heterocycles. The molecule has 0 saturated carbocycles. The number of aromatic nitrogens is 2. The van der Waals surface area contributed by atoms with E-state index in [1.165, 1.54) is 6.20 Å². The SMILES string of the molecule is C#C[C@]1(CO)O[C@@H](n2cc(CC)c(=O)[nH]c2=O)[C@@H](O)[C@@H]1O. The van der Waals surface area contributed by atoms with Crippen LogP contribution >= 0.6 is 0 Å². The fourth-order valence-electron chi connectivity index (χ4n) is 2.27. The number of aryl methyl sites for hydroxylation is 1. The Bertz CT molecular complexity index is 687. The Hall–Kier alpha value is -1.92. The van der Waals surface area contributed by atoms with Gasteiger partial charge in [0.15, 0.2) is 11.8 Å². The van der Waals surface area contributed by atoms with Gasteiger partial charge < -0.3 is 20.1 Å². The van der Waals surface area contributed by atoms with Gasteiger partial charge in [-0.25, -0.2) is 4.79 Å². The molecule has 1 fully saturated rings. The minimum atomic E-state index is -1.80. The van der Waals surface area contributed by atoms with Crippen molar-refractivity contribution in [3.63, 3.8) is 0 Å². The minimum absolute atomic E-state index is 0.307. The van der Waals surface area contributed by atoms with E-state index in [4.69, 9.17) is 11.2 Å². The van der Waals surface area contributed by atoms with Gasteiger partial charge in [0.2, 0.25) is 0 Å². The van der Waals surface area contributed by atoms with Crippen molar-refractivity contribution < 1.29 is 20.1 Å². The molecule has 21 heavy (non-hydrogen) atoms. The summed E-state index contributed by atoms with van der Waals surface area (Å²) in [5.74, 6) is 2.10. The number of hydrogen-bond donors (Lipinski definition) is 4. The van der Waals surface area contributed by atoms with Gasteiger partial charge >= 0.3 is 5.69 Å². The number of H-pyrrole nitrogens is 1. The topological polar surface area (TPSA) is 125 Å². The van der Waals surface area contributed by atoms with E-state index >= 15 is 0 Å². The van der Waals surface area contributed by atoms with E-state index in [0.717, 1.165) is 4.57 Å². The molecule has 1 aromatic rings. The number of rotatable bonds is 3. The number of nitrogens with one attached hydrogen (secondary N) is 1. The van der Waals surface area contributed by atoms with Crippen LogP contribution in [0.4, 0.5) is 0 Å². The number of aliphatic hydroxyl groups excluding tert-OH is 3. The molecule has 0 amide bonds. The first-order chi connectivity index (χ1) is 9.90. The van der Waals surface area contributed by atoms with Crippen molar-refractivity contribution in [3.8, 4) is 12.3 Å². The van der Waals surface area contributed by atoms with E-state index in [0.29, 0.717) is 12.0 Å². The van der Waals surface area contributed by atoms with E-state index in [-0.39, 0.29) is 0 Å². The lowest BCUT2D eigenvalue weighted by molar-refractivity contribution is -0.0937. The largest absolute Gasteiger partial charge is 0.392 e. The molecule has 1 saturated heterocycles. The molecular weight excluding hydrogens is 280 g/mol. The van der Waals surface area contributed by atoms with E-state index in [1.807, 2.05) is 0 Å². The fraction of sp³-hybridized carbons (Fsp3) is 0.538. The highest BCUT2D eigenvalue weighted by Crippen LogP contribution is 2.35. The van der Waals surface area contributed by atoms with Crippen LogP contribution in [0, 0.1) is 12.3 Å². The van der Waals surface area contributed by atoms with Crippen LogP contribution in [0.1, 0.15) is 18.7 Å². The van der Waals surface area contributed by atoms with Gasteiger partial charge in [-0.2, -0.15) is 0 Å². The second-order valence-corrected chi connectivity index (χ2v) is 4.81. The van der Waals surface area contributed by atoms with Crippen LogP contribution in [0.15, 0.2) is 15.8 Å². The summed E-state index contributed by atoms with van der Waals surface area (Å²) in [5, 5.41) is 29.3. The molecule has 1 aliphatic rings. The number of aromatic amines is 1. The zero-order valence-corrected chi connectivity index (χ0v) is 11.3. The fourth-order valence-corrected chi connectivity index (χ4v) is 2.27. The van der Waals surface area contributed by atoms with Gasteiger partial charge in [-0.1, -0.05) is 12.8 Å². The summed E-state index contributed by atoms with van der Waals surface area (Å²) in [7, 11) is 0. The summed E-state index contributed by atoms with van der Waals surface area (Å²) < 4.78 is 6.28. The lowest BCUT2D eigenvalue weighted by Crippen LogP contribution is -2.45. The van der Waals surface area contributed by atoms with Gasteiger partial charge in [0.25, 0.3) is 5.56 Å². The number of terminal acetylenes is 1. The highest BCUT2D eigenvalue weighted by Gasteiger charge is 2.54. The summed E-state index contributed by atoms with van der Waals surface area (Å²) in [6, 6.07) is 0. The van der Waals surface area contributed by atoms with Crippen molar-refractivity contribution in [2.75, 3.05) is 6.61 Å². The Kier molecular flexibility index (Phi) is 4.02. The average Bonchev–Trinajstić information content (AvgIpc) is 2.73. The maximum absolute atomic E-state index is 11.9. The Labute approximate surface area is 119 Å². The van der Waals surface area contributed by atoms with Crippen molar-refractivity contribution in [3.05, 3.63) is 32.6 Å². The van der Waals surface area contributed by atoms with Crippen LogP contribution in [-0.4, -0.2) is 49.3 Å². The van der Waals surface area contributed by atoms with Gasteiger partial charge in [0.05, 0.1) is 6.61 Å². The Morgan fingerprint density at radius 3 is 2.67 bits per heavy atom. The van der Waals surface area contributed by atoms with Gasteiger partial charge in [-0.3, -0.25) is 14.3 Å². The molecule has 0 aromatic carbocycles. The summed E-state index contributed by atoms with van der Waals surface area (Å²) in [6.45, 7) is 0.997. The maximum Gasteiger partial charge on any atom is 0.330 e. The van der Waals surface area contributed by atoms with Crippen molar-refractivity contribution >= 4 is 0 Å². The molecule has 1 aromatic heterocycles. The zero-order chi connectivity index (χ0) is 15.8. The molecule has 114 valence electrons. The highest BCUT2D eigenvalue weighted by atomic mass is 16.6. The van der Waals surface area contributed by atoms with Crippen LogP contribution in [0.5, 0.6) is 0 Å². The van der Waals surface area contributed by atoms with Crippen LogP contribution in [-0.2, 0) is 11.2 Å². The van der Waals surface area contributed by atoms with Gasteiger partial charge in [0, 0.05) is 11.8 Å². The third-order valence-electron chi connectivity index (χ3n) is 3.60. The van der Waals surface area contributed by atoms with E-state index in [9.17, 15) is 24.9 Å². The molecule has 0 aliphatic carbocycles. The van der Waals surface area contributed by atoms with Gasteiger partial charge in [0.1, 0.15) is 12.2 Å². The first kappa shape index (κ1) is 15.5. The quantitative estimate of drug-likeness (QED) is 0.466. The second kappa shape index (κ2) is 5.46. The molecule has 8 heteroatoms. The van der Waals surface area contributed by atoms with Gasteiger partial charge in [-0.05, 0) is 6.42 Å². The number of nitrogens with zero attached hydrogens (tertiary/aromatic N) is 1. The van der Waals surface area contributed by atoms with Crippen LogP contribution in [0.25, 0.3) is 0 Å². The molecule has 1 aliphatic heterocycles. The van der Waals surface area contributed by atoms with E-state index in [1.54, 1.807) is 6.92 Å². The molecule has 2 rings (SSSR count). The summed E-state index contributed by atoms with van der Waals surface area (Å²) in [5.41, 5.74) is -2.83. The predicted octanol–water partition coefficient (Wildman–Crippen LogP) is -2.29. The first-order valence-electron chi connectivity index (χ1n) is 6.37. The van der Waals surface area contributed by atoms with Crippen molar-refractivity contribution in [2.45, 2.75) is 37.4 Å². The molecule has 8 nitrogen and oxygen atoms in total. The maximum atomic E-state index is 11.9. The Morgan fingerprint density at radius 2 is 2.19 bits per heavy atom. The molecule has 0 bridgehead atoms. The Balaban J connectivity index is 2.52. The van der Waals surface area contributed by atoms with E-state index in [2.05, 4.69) is 10.9 Å². The van der Waals surface area contributed by atoms with Crippen LogP contribution < -0.4 is 11.2 Å². The molecule has 0 unspecified atom stereocenters. The molecule has 0 radical (unpaired) electrons. The standard InChI is InChI=1S/C13H16N2O6/c1-3-7-5-15(12(20)14-10(7)19)11-8(17)9(18)13(4-2,6-16)21-11/h2,5,8-9,11,16-18H,3,6H2,1H3,(H,14,19,20)/t8-,9-,11+,13+/m0/s1. The van der Waals surface area contributed by atoms with Crippen molar-refractivity contribution in [2.24, 2.45) is 0 Å². The van der Waals surface area contributed by atoms with Crippen LogP contribution in [0.3, 0.4) is 0 Å². The van der Waals surface area contributed by atoms with Crippen LogP contribution in [0.2, 0.25) is 0 Å². The van der Waals surface area contributed by atoms with Crippen molar-refractivity contribution in [1.82, 2.24) is 9.55 Å². The first-order valence-corrected chi connectivity index (χ1v) is 6.37. The zero-order valence-electron chi connectivity index (χ0n) is 11.3. The Morgan fingerprint density at radius 1 is 1.52 bits per heavy atom. The third kappa shape index (κ3) is 2.30. The summed E-state index contributed by atoms with van der Waals surface area (Å²) in [6.07, 6.45) is 2.44. The highest BCUT2D eigenvalue weighted by molar-refractivity contribution is 5.18. The normalized spacial score (nSPS) is 32.0.